The van der Waals surface area contributed by atoms with Crippen molar-refractivity contribution in [1.29, 1.82) is 0 Å². The quantitative estimate of drug-likeness (QED) is 0.136. The summed E-state index contributed by atoms with van der Waals surface area (Å²) in [4.78, 5) is 26.5. The molecule has 318 valence electrons. The molecule has 1 atom stereocenters. The molecule has 0 fully saturated rings. The lowest BCUT2D eigenvalue weighted by molar-refractivity contribution is 0.917. The van der Waals surface area contributed by atoms with E-state index in [9.17, 15) is 0 Å². The summed E-state index contributed by atoms with van der Waals surface area (Å²) < 4.78 is 2.44. The van der Waals surface area contributed by atoms with E-state index in [1.165, 1.54) is 27.8 Å². The van der Waals surface area contributed by atoms with Crippen LogP contribution in [0.1, 0.15) is 35.4 Å². The standard InChI is InChI=1S/C60H43N7/c1-5-16-41(17-6-1)56(42-30-34-61-35-31-42)53-40-54-52-39-49(66(46-23-11-4-12-24-46)47-32-36-62-37-33-47)28-29-55(52)67(57(54)51-27-14-13-26-50(51)53)48-25-15-22-45(38-48)60-64-58(43-18-7-2-8-19-43)63-59(65-60)44-20-9-3-10-21-44/h1-11,13-23,25-40,56H,12,24H2. The number of aromatic nitrogens is 6. The molecule has 12 rings (SSSR count). The number of nitrogens with zero attached hydrogens (tertiary/aromatic N) is 7. The lowest BCUT2D eigenvalue weighted by Gasteiger charge is -2.28. The lowest BCUT2D eigenvalue weighted by Crippen LogP contribution is -2.17. The molecule has 0 saturated heterocycles. The molecule has 0 N–H and O–H groups in total. The van der Waals surface area contributed by atoms with Crippen LogP contribution in [0.25, 0.3) is 72.4 Å². The van der Waals surface area contributed by atoms with Crippen LogP contribution in [-0.4, -0.2) is 29.5 Å². The molecule has 7 nitrogen and oxygen atoms in total. The fraction of sp³-hybridized carbons (Fsp3) is 0.0500. The number of pyridine rings is 2. The molecule has 0 radical (unpaired) electrons. The summed E-state index contributed by atoms with van der Waals surface area (Å²) in [6, 6.07) is 66.5. The van der Waals surface area contributed by atoms with Crippen LogP contribution in [0.4, 0.5) is 11.4 Å². The van der Waals surface area contributed by atoms with E-state index in [2.05, 4.69) is 165 Å². The largest absolute Gasteiger partial charge is 0.314 e. The maximum Gasteiger partial charge on any atom is 0.164 e. The summed E-state index contributed by atoms with van der Waals surface area (Å²) in [5.41, 5.74) is 13.0. The van der Waals surface area contributed by atoms with Crippen LogP contribution in [0.15, 0.2) is 237 Å². The van der Waals surface area contributed by atoms with E-state index in [0.717, 1.165) is 73.8 Å². The number of hydrogen-bond donors (Lipinski definition) is 0. The number of allylic oxidation sites excluding steroid dienone is 4. The van der Waals surface area contributed by atoms with Crippen molar-refractivity contribution >= 4 is 44.0 Å². The molecule has 0 bridgehead atoms. The van der Waals surface area contributed by atoms with Gasteiger partial charge in [0.2, 0.25) is 0 Å². The summed E-state index contributed by atoms with van der Waals surface area (Å²) in [6.07, 6.45) is 16.1. The van der Waals surface area contributed by atoms with E-state index in [1.54, 1.807) is 0 Å². The molecule has 67 heavy (non-hydrogen) atoms. The number of hydrogen-bond acceptors (Lipinski definition) is 6. The van der Waals surface area contributed by atoms with E-state index >= 15 is 0 Å². The van der Waals surface area contributed by atoms with Crippen LogP contribution < -0.4 is 4.90 Å². The number of fused-ring (bicyclic) bond motifs is 5. The van der Waals surface area contributed by atoms with Crippen molar-refractivity contribution in [2.45, 2.75) is 18.8 Å². The molecule has 7 heteroatoms. The molecule has 1 aliphatic rings. The van der Waals surface area contributed by atoms with E-state index < -0.39 is 0 Å². The highest BCUT2D eigenvalue weighted by Gasteiger charge is 2.25. The minimum atomic E-state index is -0.0441. The van der Waals surface area contributed by atoms with Crippen LogP contribution >= 0.6 is 0 Å². The Morgan fingerprint density at radius 2 is 1.06 bits per heavy atom. The Kier molecular flexibility index (Phi) is 10.3. The van der Waals surface area contributed by atoms with Crippen molar-refractivity contribution in [3.8, 4) is 39.9 Å². The molecule has 4 aromatic heterocycles. The highest BCUT2D eigenvalue weighted by molar-refractivity contribution is 6.20. The molecule has 0 saturated carbocycles. The van der Waals surface area contributed by atoms with Gasteiger partial charge in [-0.15, -0.1) is 0 Å². The van der Waals surface area contributed by atoms with Gasteiger partial charge in [-0.1, -0.05) is 140 Å². The predicted molar refractivity (Wildman–Crippen MR) is 272 cm³/mol. The fourth-order valence-electron chi connectivity index (χ4n) is 9.76. The Hall–Kier alpha value is -8.81. The minimum Gasteiger partial charge on any atom is -0.314 e. The third-order valence-corrected chi connectivity index (χ3v) is 12.8. The first kappa shape index (κ1) is 39.8. The van der Waals surface area contributed by atoms with Crippen LogP contribution in [0.5, 0.6) is 0 Å². The van der Waals surface area contributed by atoms with Crippen LogP contribution in [0, 0.1) is 0 Å². The van der Waals surface area contributed by atoms with Gasteiger partial charge in [-0.3, -0.25) is 9.97 Å². The van der Waals surface area contributed by atoms with Gasteiger partial charge in [0.15, 0.2) is 17.5 Å². The molecule has 0 spiro atoms. The Balaban J connectivity index is 1.13. The Labute approximate surface area is 388 Å². The maximum atomic E-state index is 5.13. The molecule has 1 unspecified atom stereocenters. The van der Waals surface area contributed by atoms with Gasteiger partial charge in [-0.2, -0.15) is 0 Å². The molecule has 4 heterocycles. The highest BCUT2D eigenvalue weighted by Crippen LogP contribution is 2.45. The van der Waals surface area contributed by atoms with E-state index in [4.69, 9.17) is 15.0 Å². The Morgan fingerprint density at radius 3 is 1.73 bits per heavy atom. The van der Waals surface area contributed by atoms with E-state index in [-0.39, 0.29) is 5.92 Å². The highest BCUT2D eigenvalue weighted by atomic mass is 15.2. The smallest absolute Gasteiger partial charge is 0.164 e. The normalized spacial score (nSPS) is 12.9. The van der Waals surface area contributed by atoms with Gasteiger partial charge < -0.3 is 9.47 Å². The molecular weight excluding hydrogens is 819 g/mol. The molecular formula is C60H43N7. The number of rotatable bonds is 10. The molecule has 7 aromatic carbocycles. The van der Waals surface area contributed by atoms with Crippen molar-refractivity contribution in [3.63, 3.8) is 0 Å². The zero-order chi connectivity index (χ0) is 44.5. The first-order valence-corrected chi connectivity index (χ1v) is 22.7. The monoisotopic (exact) mass is 861 g/mol. The minimum absolute atomic E-state index is 0.0441. The van der Waals surface area contributed by atoms with Crippen molar-refractivity contribution in [2.24, 2.45) is 0 Å². The SMILES string of the molecule is C1=CCCC(N(c2ccncc2)c2ccc3c(c2)c2cc(C(c4ccccc4)c4ccncc4)c4ccccc4c2n3-c2cccc(-c3nc(-c4ccccc4)nc(-c4ccccc4)n3)c2)=C1. The summed E-state index contributed by atoms with van der Waals surface area (Å²) in [5, 5.41) is 4.67. The maximum absolute atomic E-state index is 5.13. The topological polar surface area (TPSA) is 72.6 Å². The van der Waals surface area contributed by atoms with Gasteiger partial charge >= 0.3 is 0 Å². The van der Waals surface area contributed by atoms with Gasteiger partial charge in [-0.25, -0.2) is 15.0 Å². The molecule has 11 aromatic rings. The molecule has 0 aliphatic heterocycles. The van der Waals surface area contributed by atoms with Crippen LogP contribution in [0.3, 0.4) is 0 Å². The van der Waals surface area contributed by atoms with Crippen molar-refractivity contribution in [1.82, 2.24) is 29.5 Å². The van der Waals surface area contributed by atoms with Gasteiger partial charge in [0, 0.05) is 86.3 Å². The average Bonchev–Trinajstić information content (AvgIpc) is 3.74. The molecule has 1 aliphatic carbocycles. The van der Waals surface area contributed by atoms with Crippen molar-refractivity contribution < 1.29 is 0 Å². The second kappa shape index (κ2) is 17.3. The lowest BCUT2D eigenvalue weighted by atomic mass is 9.82. The number of anilines is 2. The van der Waals surface area contributed by atoms with E-state index in [1.807, 2.05) is 85.5 Å². The van der Waals surface area contributed by atoms with Gasteiger partial charge in [0.25, 0.3) is 0 Å². The third-order valence-electron chi connectivity index (χ3n) is 12.8. The van der Waals surface area contributed by atoms with Crippen LogP contribution in [0.2, 0.25) is 0 Å². The van der Waals surface area contributed by atoms with Gasteiger partial charge in [0.05, 0.1) is 11.0 Å². The summed E-state index contributed by atoms with van der Waals surface area (Å²) in [6.45, 7) is 0. The third kappa shape index (κ3) is 7.42. The van der Waals surface area contributed by atoms with Crippen molar-refractivity contribution in [3.05, 3.63) is 253 Å². The Morgan fingerprint density at radius 1 is 0.463 bits per heavy atom. The van der Waals surface area contributed by atoms with Gasteiger partial charge in [0.1, 0.15) is 0 Å². The zero-order valence-electron chi connectivity index (χ0n) is 36.6. The number of benzene rings is 7. The summed E-state index contributed by atoms with van der Waals surface area (Å²) in [7, 11) is 0. The fourth-order valence-corrected chi connectivity index (χ4v) is 9.76. The molecule has 0 amide bonds. The van der Waals surface area contributed by atoms with Crippen molar-refractivity contribution in [2.75, 3.05) is 4.90 Å². The van der Waals surface area contributed by atoms with E-state index in [0.29, 0.717) is 17.5 Å². The summed E-state index contributed by atoms with van der Waals surface area (Å²) in [5.74, 6) is 1.82. The zero-order valence-corrected chi connectivity index (χ0v) is 36.6. The van der Waals surface area contributed by atoms with Gasteiger partial charge in [-0.05, 0) is 102 Å². The predicted octanol–water partition coefficient (Wildman–Crippen LogP) is 14.5. The first-order chi connectivity index (χ1) is 33.2. The Bertz CT molecular complexity index is 3530. The summed E-state index contributed by atoms with van der Waals surface area (Å²) >= 11 is 0. The first-order valence-electron chi connectivity index (χ1n) is 22.7. The average molecular weight is 862 g/mol. The second-order valence-corrected chi connectivity index (χ2v) is 16.8. The van der Waals surface area contributed by atoms with Crippen LogP contribution in [-0.2, 0) is 0 Å². The second-order valence-electron chi connectivity index (χ2n) is 16.8.